The van der Waals surface area contributed by atoms with Crippen LogP contribution in [0.2, 0.25) is 0 Å². The Morgan fingerprint density at radius 1 is 1.50 bits per heavy atom. The van der Waals surface area contributed by atoms with Crippen LogP contribution in [0.5, 0.6) is 0 Å². The average Bonchev–Trinajstić information content (AvgIpc) is 2.03. The first-order chi connectivity index (χ1) is 5.72. The Morgan fingerprint density at radius 3 is 2.83 bits per heavy atom. The van der Waals surface area contributed by atoms with Crippen LogP contribution >= 0.6 is 0 Å². The number of piperidine rings is 1. The van der Waals surface area contributed by atoms with Crippen LogP contribution in [0.4, 0.5) is 0 Å². The molecule has 0 saturated carbocycles. The maximum absolute atomic E-state index is 2.68. The molecule has 1 saturated heterocycles. The number of hydrogen-bond acceptors (Lipinski definition) is 2. The predicted octanol–water partition coefficient (Wildman–Crippen LogP) is -2.11. The molecule has 0 radical (unpaired) electrons. The van der Waals surface area contributed by atoms with E-state index in [2.05, 4.69) is 27.0 Å². The van der Waals surface area contributed by atoms with Crippen molar-refractivity contribution in [2.75, 3.05) is 38.7 Å². The Morgan fingerprint density at radius 2 is 2.25 bits per heavy atom. The van der Waals surface area contributed by atoms with Gasteiger partial charge in [0.15, 0.2) is 0 Å². The van der Waals surface area contributed by atoms with Crippen LogP contribution in [0, 0.1) is 5.92 Å². The van der Waals surface area contributed by atoms with Crippen LogP contribution in [0.1, 0.15) is 12.8 Å². The molecule has 1 fully saturated rings. The second-order valence-electron chi connectivity index (χ2n) is 3.81. The Labute approximate surface area is 86.9 Å². The van der Waals surface area contributed by atoms with Gasteiger partial charge in [-0.05, 0) is 0 Å². The van der Waals surface area contributed by atoms with E-state index in [9.17, 15) is 0 Å². The van der Waals surface area contributed by atoms with E-state index in [4.69, 9.17) is 0 Å². The van der Waals surface area contributed by atoms with Gasteiger partial charge in [-0.3, -0.25) is 0 Å². The first kappa shape index (κ1) is 10.7. The molecule has 1 heterocycles. The molecular formula is C9H20IN2-. The summed E-state index contributed by atoms with van der Waals surface area (Å²) in [4.78, 5) is 4.69. The third-order valence-electron chi connectivity index (χ3n) is 2.33. The second-order valence-corrected chi connectivity index (χ2v) is 6.14. The molecule has 0 amide bonds. The zero-order valence-electron chi connectivity index (χ0n) is 8.39. The Bertz CT molecular complexity index is 128. The van der Waals surface area contributed by atoms with Crippen molar-refractivity contribution in [3.63, 3.8) is 0 Å². The molecule has 0 aromatic heterocycles. The Balaban J connectivity index is 2.25. The first-order valence-corrected chi connectivity index (χ1v) is 7.74. The maximum atomic E-state index is 2.68. The topological polar surface area (TPSA) is 6.48 Å². The van der Waals surface area contributed by atoms with Crippen molar-refractivity contribution in [3.8, 4) is 0 Å². The van der Waals surface area contributed by atoms with E-state index in [1.165, 1.54) is 32.5 Å². The summed E-state index contributed by atoms with van der Waals surface area (Å²) < 4.78 is 2.68. The van der Waals surface area contributed by atoms with Crippen molar-refractivity contribution >= 4 is 0 Å². The van der Waals surface area contributed by atoms with E-state index in [-0.39, 0.29) is 0 Å². The molecule has 0 spiro atoms. The van der Waals surface area contributed by atoms with E-state index >= 15 is 0 Å². The fourth-order valence-corrected chi connectivity index (χ4v) is 3.61. The van der Waals surface area contributed by atoms with Crippen molar-refractivity contribution in [2.45, 2.75) is 12.8 Å². The van der Waals surface area contributed by atoms with Crippen LogP contribution in [0.3, 0.4) is 0 Å². The van der Waals surface area contributed by atoms with E-state index in [1.807, 2.05) is 0 Å². The summed E-state index contributed by atoms with van der Waals surface area (Å²) in [5.74, 6) is 0.938. The van der Waals surface area contributed by atoms with Crippen LogP contribution in [-0.4, -0.2) is 46.7 Å². The SMILES string of the molecule is C[I-]N1CCCC(CN(C)C)C1. The zero-order chi connectivity index (χ0) is 8.97. The minimum atomic E-state index is 0.348. The van der Waals surface area contributed by atoms with Gasteiger partial charge in [0.05, 0.1) is 0 Å². The minimum absolute atomic E-state index is 0.348. The van der Waals surface area contributed by atoms with Gasteiger partial charge < -0.3 is 0 Å². The number of rotatable bonds is 3. The summed E-state index contributed by atoms with van der Waals surface area (Å²) in [7, 11) is 4.36. The van der Waals surface area contributed by atoms with Crippen LogP contribution in [0.25, 0.3) is 0 Å². The van der Waals surface area contributed by atoms with Crippen LogP contribution in [0.15, 0.2) is 0 Å². The molecule has 12 heavy (non-hydrogen) atoms. The molecule has 0 bridgehead atoms. The summed E-state index contributed by atoms with van der Waals surface area (Å²) in [6, 6.07) is 0. The molecule has 3 heteroatoms. The summed E-state index contributed by atoms with van der Waals surface area (Å²) in [6.07, 6.45) is 2.87. The molecule has 0 aliphatic carbocycles. The van der Waals surface area contributed by atoms with Gasteiger partial charge in [-0.25, -0.2) is 0 Å². The molecular weight excluding hydrogens is 263 g/mol. The number of halogens is 1. The molecule has 1 unspecified atom stereocenters. The molecule has 1 aliphatic heterocycles. The quantitative estimate of drug-likeness (QED) is 0.332. The van der Waals surface area contributed by atoms with Gasteiger partial charge >= 0.3 is 86.9 Å². The van der Waals surface area contributed by atoms with Crippen molar-refractivity contribution in [1.82, 2.24) is 8.01 Å². The summed E-state index contributed by atoms with van der Waals surface area (Å²) in [5.41, 5.74) is 0. The molecule has 2 nitrogen and oxygen atoms in total. The molecule has 0 N–H and O–H groups in total. The van der Waals surface area contributed by atoms with Gasteiger partial charge in [0.1, 0.15) is 0 Å². The van der Waals surface area contributed by atoms with Gasteiger partial charge in [-0.1, -0.05) is 0 Å². The van der Waals surface area contributed by atoms with Crippen molar-refractivity contribution in [2.24, 2.45) is 5.92 Å². The molecule has 1 atom stereocenters. The van der Waals surface area contributed by atoms with Crippen molar-refractivity contribution in [3.05, 3.63) is 0 Å². The van der Waals surface area contributed by atoms with Gasteiger partial charge in [-0.2, -0.15) is 0 Å². The third-order valence-corrected chi connectivity index (χ3v) is 4.57. The summed E-state index contributed by atoms with van der Waals surface area (Å²) in [6.45, 7) is 4.01. The first-order valence-electron chi connectivity index (χ1n) is 4.61. The van der Waals surface area contributed by atoms with Crippen LogP contribution < -0.4 is 21.5 Å². The fraction of sp³-hybridized carbons (Fsp3) is 1.00. The molecule has 0 aromatic carbocycles. The van der Waals surface area contributed by atoms with Gasteiger partial charge in [0.2, 0.25) is 0 Å². The average molecular weight is 283 g/mol. The summed E-state index contributed by atoms with van der Waals surface area (Å²) in [5, 5.41) is 0. The van der Waals surface area contributed by atoms with E-state index in [1.54, 1.807) is 0 Å². The Hall–Kier alpha value is 0.650. The fourth-order valence-electron chi connectivity index (χ4n) is 1.83. The van der Waals surface area contributed by atoms with Gasteiger partial charge in [-0.15, -0.1) is 0 Å². The van der Waals surface area contributed by atoms with E-state index < -0.39 is 0 Å². The Kier molecular flexibility index (Phi) is 4.82. The van der Waals surface area contributed by atoms with Gasteiger partial charge in [0.25, 0.3) is 0 Å². The molecule has 1 aliphatic rings. The standard InChI is InChI=1S/C9H20IN2/c1-10-12-6-4-5-9(8-12)7-11(2)3/h9H,4-8H2,1-3H3/q-1. The van der Waals surface area contributed by atoms with E-state index in [0.717, 1.165) is 5.92 Å². The predicted molar refractivity (Wildman–Crippen MR) is 48.8 cm³/mol. The number of nitrogens with zero attached hydrogens (tertiary/aromatic N) is 2. The third kappa shape index (κ3) is 3.58. The van der Waals surface area contributed by atoms with Gasteiger partial charge in [0, 0.05) is 0 Å². The van der Waals surface area contributed by atoms with Crippen LogP contribution in [-0.2, 0) is 0 Å². The zero-order valence-corrected chi connectivity index (χ0v) is 10.5. The number of hydrogen-bond donors (Lipinski definition) is 0. The monoisotopic (exact) mass is 283 g/mol. The number of alkyl halides is 1. The molecule has 74 valence electrons. The second kappa shape index (κ2) is 5.40. The summed E-state index contributed by atoms with van der Waals surface area (Å²) >= 11 is 0.348. The van der Waals surface area contributed by atoms with E-state index in [0.29, 0.717) is 21.5 Å². The molecule has 1 rings (SSSR count). The van der Waals surface area contributed by atoms with Crippen molar-refractivity contribution in [1.29, 1.82) is 0 Å². The molecule has 0 aromatic rings. The normalized spacial score (nSPS) is 26.8. The van der Waals surface area contributed by atoms with Crippen molar-refractivity contribution < 1.29 is 21.5 Å².